The van der Waals surface area contributed by atoms with Crippen LogP contribution in [0.4, 0.5) is 0 Å². The van der Waals surface area contributed by atoms with Crippen molar-refractivity contribution >= 4 is 44.1 Å². The number of aryl methyl sites for hydroxylation is 2. The molecule has 2 N–H and O–H groups in total. The van der Waals surface area contributed by atoms with Gasteiger partial charge in [0.15, 0.2) is 0 Å². The second-order valence-corrected chi connectivity index (χ2v) is 8.58. The smallest absolute Gasteiger partial charge is 0.242 e. The molecule has 3 aromatic rings. The van der Waals surface area contributed by atoms with Crippen molar-refractivity contribution in [3.05, 3.63) is 63.3 Å². The van der Waals surface area contributed by atoms with Crippen LogP contribution in [0.15, 0.2) is 41.3 Å². The Hall–Kier alpha value is -1.53. The van der Waals surface area contributed by atoms with Crippen LogP contribution in [0.5, 0.6) is 0 Å². The second-order valence-electron chi connectivity index (χ2n) is 6.00. The summed E-state index contributed by atoms with van der Waals surface area (Å²) >= 11 is 11.8. The van der Waals surface area contributed by atoms with E-state index < -0.39 is 10.0 Å². The van der Waals surface area contributed by atoms with Crippen molar-refractivity contribution < 1.29 is 8.42 Å². The van der Waals surface area contributed by atoms with E-state index in [1.165, 1.54) is 23.8 Å². The lowest BCUT2D eigenvalue weighted by atomic mass is 10.1. The van der Waals surface area contributed by atoms with Crippen molar-refractivity contribution in [1.82, 2.24) is 9.71 Å². The Morgan fingerprint density at radius 3 is 2.56 bits per heavy atom. The van der Waals surface area contributed by atoms with Crippen LogP contribution in [0.3, 0.4) is 0 Å². The molecule has 0 saturated heterocycles. The van der Waals surface area contributed by atoms with Gasteiger partial charge in [-0.2, -0.15) is 0 Å². The van der Waals surface area contributed by atoms with Gasteiger partial charge in [-0.25, -0.2) is 13.1 Å². The average molecular weight is 397 g/mol. The van der Waals surface area contributed by atoms with Gasteiger partial charge in [0.25, 0.3) is 0 Å². The summed E-state index contributed by atoms with van der Waals surface area (Å²) in [5.41, 5.74) is 4.39. The van der Waals surface area contributed by atoms with Gasteiger partial charge in [0, 0.05) is 28.2 Å². The molecule has 7 heteroatoms. The number of aromatic amines is 1. The molecule has 0 aliphatic carbocycles. The Bertz CT molecular complexity index is 1040. The number of aromatic nitrogens is 1. The van der Waals surface area contributed by atoms with Crippen molar-refractivity contribution in [2.75, 3.05) is 6.54 Å². The topological polar surface area (TPSA) is 62.0 Å². The van der Waals surface area contributed by atoms with Gasteiger partial charge in [-0.3, -0.25) is 0 Å². The Balaban J connectivity index is 1.79. The monoisotopic (exact) mass is 396 g/mol. The van der Waals surface area contributed by atoms with Crippen LogP contribution in [0.2, 0.25) is 10.0 Å². The predicted octanol–water partition coefficient (Wildman–Crippen LogP) is 4.61. The summed E-state index contributed by atoms with van der Waals surface area (Å²) in [6, 6.07) is 10.5. The highest BCUT2D eigenvalue weighted by atomic mass is 35.5. The van der Waals surface area contributed by atoms with E-state index in [2.05, 4.69) is 15.8 Å². The molecule has 1 aromatic heterocycles. The van der Waals surface area contributed by atoms with Gasteiger partial charge in [0.2, 0.25) is 10.0 Å². The summed E-state index contributed by atoms with van der Waals surface area (Å²) in [4.78, 5) is 3.37. The number of hydrogen-bond donors (Lipinski definition) is 2. The number of benzene rings is 2. The van der Waals surface area contributed by atoms with Gasteiger partial charge in [-0.05, 0) is 56.2 Å². The lowest BCUT2D eigenvalue weighted by Crippen LogP contribution is -2.26. The molecule has 0 atom stereocenters. The number of halogens is 2. The fourth-order valence-electron chi connectivity index (χ4n) is 2.90. The molecule has 0 aliphatic heterocycles. The number of nitrogens with one attached hydrogen (secondary N) is 2. The largest absolute Gasteiger partial charge is 0.358 e. The van der Waals surface area contributed by atoms with Crippen LogP contribution in [0, 0.1) is 13.8 Å². The summed E-state index contributed by atoms with van der Waals surface area (Å²) in [7, 11) is -3.69. The lowest BCUT2D eigenvalue weighted by molar-refractivity contribution is 0.581. The van der Waals surface area contributed by atoms with Crippen LogP contribution in [0.25, 0.3) is 10.9 Å². The summed E-state index contributed by atoms with van der Waals surface area (Å²) in [5, 5.41) is 1.63. The molecule has 0 radical (unpaired) electrons. The summed E-state index contributed by atoms with van der Waals surface area (Å²) in [6.45, 7) is 4.31. The normalized spacial score (nSPS) is 12.0. The highest BCUT2D eigenvalue weighted by Gasteiger charge is 2.18. The van der Waals surface area contributed by atoms with Gasteiger partial charge >= 0.3 is 0 Å². The van der Waals surface area contributed by atoms with E-state index in [0.717, 1.165) is 22.2 Å². The van der Waals surface area contributed by atoms with E-state index in [4.69, 9.17) is 23.2 Å². The third-order valence-electron chi connectivity index (χ3n) is 4.13. The molecule has 25 heavy (non-hydrogen) atoms. The molecular weight excluding hydrogens is 379 g/mol. The number of sulfonamides is 1. The maximum absolute atomic E-state index is 12.4. The number of hydrogen-bond acceptors (Lipinski definition) is 2. The highest BCUT2D eigenvalue weighted by Crippen LogP contribution is 2.26. The first-order valence-corrected chi connectivity index (χ1v) is 10.0. The van der Waals surface area contributed by atoms with E-state index in [9.17, 15) is 8.42 Å². The van der Waals surface area contributed by atoms with Crippen LogP contribution >= 0.6 is 23.2 Å². The first-order chi connectivity index (χ1) is 11.8. The minimum Gasteiger partial charge on any atom is -0.358 e. The minimum atomic E-state index is -3.69. The Morgan fingerprint density at radius 2 is 1.84 bits per heavy atom. The van der Waals surface area contributed by atoms with E-state index in [1.807, 2.05) is 26.0 Å². The Kier molecular flexibility index (Phi) is 5.11. The molecule has 3 rings (SSSR count). The average Bonchev–Trinajstić information content (AvgIpc) is 2.82. The summed E-state index contributed by atoms with van der Waals surface area (Å²) < 4.78 is 27.5. The lowest BCUT2D eigenvalue weighted by Gasteiger charge is -2.09. The summed E-state index contributed by atoms with van der Waals surface area (Å²) in [6.07, 6.45) is 0.583. The number of rotatable bonds is 5. The molecule has 0 bridgehead atoms. The summed E-state index contributed by atoms with van der Waals surface area (Å²) in [5.74, 6) is 0. The maximum Gasteiger partial charge on any atom is 0.242 e. The number of H-pyrrole nitrogens is 1. The fraction of sp³-hybridized carbons (Fsp3) is 0.222. The minimum absolute atomic E-state index is 0.0325. The molecule has 132 valence electrons. The Labute approximate surface area is 157 Å². The van der Waals surface area contributed by atoms with E-state index in [0.29, 0.717) is 11.4 Å². The van der Waals surface area contributed by atoms with Crippen molar-refractivity contribution in [1.29, 1.82) is 0 Å². The number of fused-ring (bicyclic) bond motifs is 1. The molecular formula is C18H18Cl2N2O2S. The molecule has 1 heterocycles. The van der Waals surface area contributed by atoms with E-state index in [1.54, 1.807) is 0 Å². The highest BCUT2D eigenvalue weighted by molar-refractivity contribution is 7.89. The fourth-order valence-corrected chi connectivity index (χ4v) is 4.70. The van der Waals surface area contributed by atoms with Gasteiger partial charge in [-0.15, -0.1) is 0 Å². The molecule has 0 amide bonds. The van der Waals surface area contributed by atoms with Crippen molar-refractivity contribution in [2.24, 2.45) is 0 Å². The van der Waals surface area contributed by atoms with E-state index >= 15 is 0 Å². The predicted molar refractivity (Wildman–Crippen MR) is 103 cm³/mol. The van der Waals surface area contributed by atoms with Gasteiger partial charge in [-0.1, -0.05) is 34.8 Å². The van der Waals surface area contributed by atoms with Crippen LogP contribution in [-0.2, 0) is 16.4 Å². The third kappa shape index (κ3) is 3.85. The van der Waals surface area contributed by atoms with Gasteiger partial charge in [0.1, 0.15) is 4.90 Å². The molecule has 0 unspecified atom stereocenters. The second kappa shape index (κ2) is 7.00. The van der Waals surface area contributed by atoms with Gasteiger partial charge in [0.05, 0.1) is 5.02 Å². The van der Waals surface area contributed by atoms with Crippen molar-refractivity contribution in [2.45, 2.75) is 25.2 Å². The maximum atomic E-state index is 12.4. The first-order valence-electron chi connectivity index (χ1n) is 7.80. The van der Waals surface area contributed by atoms with Crippen LogP contribution in [-0.4, -0.2) is 19.9 Å². The van der Waals surface area contributed by atoms with E-state index in [-0.39, 0.29) is 16.5 Å². The molecule has 0 saturated carbocycles. The van der Waals surface area contributed by atoms with Crippen LogP contribution in [0.1, 0.15) is 16.8 Å². The Morgan fingerprint density at radius 1 is 1.08 bits per heavy atom. The first kappa shape index (κ1) is 18.3. The van der Waals surface area contributed by atoms with Crippen LogP contribution < -0.4 is 4.72 Å². The molecule has 4 nitrogen and oxygen atoms in total. The van der Waals surface area contributed by atoms with Gasteiger partial charge < -0.3 is 4.98 Å². The van der Waals surface area contributed by atoms with Crippen molar-refractivity contribution in [3.63, 3.8) is 0 Å². The molecule has 0 fully saturated rings. The molecule has 0 spiro atoms. The van der Waals surface area contributed by atoms with Crippen molar-refractivity contribution in [3.8, 4) is 0 Å². The molecule has 0 aliphatic rings. The zero-order chi connectivity index (χ0) is 18.2. The SMILES string of the molecule is Cc1ccc2[nH]c(C)c(CCNS(=O)(=O)c3ccc(Cl)cc3Cl)c2c1. The quantitative estimate of drug-likeness (QED) is 0.660. The zero-order valence-electron chi connectivity index (χ0n) is 13.9. The third-order valence-corrected chi connectivity index (χ3v) is 6.30. The zero-order valence-corrected chi connectivity index (χ0v) is 16.2. The molecule has 2 aromatic carbocycles. The standard InChI is InChI=1S/C18H18Cl2N2O2S/c1-11-3-5-17-15(9-11)14(12(2)22-17)7-8-21-25(23,24)18-6-4-13(19)10-16(18)20/h3-6,9-10,21-22H,7-8H2,1-2H3.